The summed E-state index contributed by atoms with van der Waals surface area (Å²) in [5.41, 5.74) is 2.66. The van der Waals surface area contributed by atoms with E-state index in [9.17, 15) is 9.59 Å². The number of hydrogen-bond acceptors (Lipinski definition) is 3. The minimum absolute atomic E-state index is 0.0413. The first kappa shape index (κ1) is 20.0. The van der Waals surface area contributed by atoms with E-state index in [2.05, 4.69) is 9.88 Å². The van der Waals surface area contributed by atoms with Crippen molar-refractivity contribution < 1.29 is 18.9 Å². The minimum atomic E-state index is -0.300. The van der Waals surface area contributed by atoms with Gasteiger partial charge in [-0.3, -0.25) is 9.59 Å². The number of carbonyl (C=O) groups is 2. The standard InChI is InChI=1S/C20H29N3O3/c1-13(2)21-19(24)12-22(6)16(5)20(25)18-10-14(3)23(15(18)4)11-17-8-7-9-26-17/h7-10,13,16H,11-12H2,1-6H3,(H,21,24)/p+1/t16-/m1/s1. The van der Waals surface area contributed by atoms with Crippen LogP contribution < -0.4 is 10.2 Å². The van der Waals surface area contributed by atoms with Crippen LogP contribution in [-0.2, 0) is 11.3 Å². The number of aromatic nitrogens is 1. The molecule has 2 atom stereocenters. The van der Waals surface area contributed by atoms with Gasteiger partial charge in [0.15, 0.2) is 6.54 Å². The van der Waals surface area contributed by atoms with Gasteiger partial charge in [-0.2, -0.15) is 0 Å². The molecule has 26 heavy (non-hydrogen) atoms. The predicted octanol–water partition coefficient (Wildman–Crippen LogP) is 1.36. The predicted molar refractivity (Wildman–Crippen MR) is 101 cm³/mol. The van der Waals surface area contributed by atoms with Crippen molar-refractivity contribution in [2.75, 3.05) is 13.6 Å². The third-order valence-corrected chi connectivity index (χ3v) is 4.75. The molecule has 0 fully saturated rings. The lowest BCUT2D eigenvalue weighted by Crippen LogP contribution is -3.14. The van der Waals surface area contributed by atoms with Crippen molar-refractivity contribution in [2.24, 2.45) is 0 Å². The Bertz CT molecular complexity index is 760. The zero-order valence-electron chi connectivity index (χ0n) is 16.6. The second-order valence-corrected chi connectivity index (χ2v) is 7.28. The van der Waals surface area contributed by atoms with Crippen LogP contribution in [0.3, 0.4) is 0 Å². The number of nitrogens with zero attached hydrogens (tertiary/aromatic N) is 1. The van der Waals surface area contributed by atoms with Gasteiger partial charge < -0.3 is 19.2 Å². The molecule has 0 aliphatic heterocycles. The Kier molecular flexibility index (Phi) is 6.42. The van der Waals surface area contributed by atoms with Crippen LogP contribution in [0.4, 0.5) is 0 Å². The van der Waals surface area contributed by atoms with Crippen molar-refractivity contribution in [3.8, 4) is 0 Å². The Hall–Kier alpha value is -2.34. The average Bonchev–Trinajstić information content (AvgIpc) is 3.16. The van der Waals surface area contributed by atoms with E-state index in [1.807, 2.05) is 59.9 Å². The van der Waals surface area contributed by atoms with E-state index in [4.69, 9.17) is 4.42 Å². The fourth-order valence-corrected chi connectivity index (χ4v) is 3.09. The highest BCUT2D eigenvalue weighted by Gasteiger charge is 2.28. The molecule has 2 aromatic heterocycles. The molecule has 142 valence electrons. The van der Waals surface area contributed by atoms with Crippen molar-refractivity contribution in [1.29, 1.82) is 0 Å². The van der Waals surface area contributed by atoms with Gasteiger partial charge in [0.2, 0.25) is 5.78 Å². The zero-order chi connectivity index (χ0) is 19.4. The Morgan fingerprint density at radius 2 is 1.96 bits per heavy atom. The van der Waals surface area contributed by atoms with Gasteiger partial charge in [0.25, 0.3) is 5.91 Å². The van der Waals surface area contributed by atoms with Crippen LogP contribution >= 0.6 is 0 Å². The summed E-state index contributed by atoms with van der Waals surface area (Å²) in [6, 6.07) is 5.51. The van der Waals surface area contributed by atoms with Crippen molar-refractivity contribution in [3.05, 3.63) is 47.2 Å². The molecule has 2 rings (SSSR count). The Balaban J connectivity index is 2.12. The monoisotopic (exact) mass is 360 g/mol. The third-order valence-electron chi connectivity index (χ3n) is 4.75. The Labute approximate surface area is 155 Å². The lowest BCUT2D eigenvalue weighted by atomic mass is 10.0. The molecule has 1 amide bonds. The van der Waals surface area contributed by atoms with Gasteiger partial charge in [-0.15, -0.1) is 0 Å². The van der Waals surface area contributed by atoms with Crippen LogP contribution in [0.15, 0.2) is 28.9 Å². The fourth-order valence-electron chi connectivity index (χ4n) is 3.09. The number of nitrogens with one attached hydrogen (secondary N) is 2. The van der Waals surface area contributed by atoms with Gasteiger partial charge in [0, 0.05) is 23.0 Å². The van der Waals surface area contributed by atoms with Gasteiger partial charge in [0.1, 0.15) is 11.8 Å². The molecule has 0 radical (unpaired) electrons. The van der Waals surface area contributed by atoms with Gasteiger partial charge in [-0.25, -0.2) is 0 Å². The fraction of sp³-hybridized carbons (Fsp3) is 0.500. The molecule has 0 saturated carbocycles. The van der Waals surface area contributed by atoms with E-state index >= 15 is 0 Å². The van der Waals surface area contributed by atoms with Crippen molar-refractivity contribution in [2.45, 2.75) is 53.2 Å². The summed E-state index contributed by atoms with van der Waals surface area (Å²) in [7, 11) is 1.88. The molecule has 2 heterocycles. The molecule has 0 aromatic carbocycles. The topological polar surface area (TPSA) is 68.7 Å². The minimum Gasteiger partial charge on any atom is -0.467 e. The van der Waals surface area contributed by atoms with E-state index in [1.165, 1.54) is 0 Å². The molecule has 2 aromatic rings. The summed E-state index contributed by atoms with van der Waals surface area (Å²) in [6.07, 6.45) is 1.65. The summed E-state index contributed by atoms with van der Waals surface area (Å²) in [4.78, 5) is 25.8. The Morgan fingerprint density at radius 3 is 2.54 bits per heavy atom. The number of carbonyl (C=O) groups excluding carboxylic acids is 2. The normalized spacial score (nSPS) is 13.7. The quantitative estimate of drug-likeness (QED) is 0.699. The maximum atomic E-state index is 13.0. The number of rotatable bonds is 8. The highest BCUT2D eigenvalue weighted by molar-refractivity contribution is 6.00. The van der Waals surface area contributed by atoms with Gasteiger partial charge in [-0.05, 0) is 52.8 Å². The number of Topliss-reactive ketones (excluding diaryl/α,β-unsaturated/α-hetero) is 1. The second kappa shape index (κ2) is 8.36. The molecule has 6 heteroatoms. The number of ketones is 1. The van der Waals surface area contributed by atoms with E-state index in [0.717, 1.165) is 22.0 Å². The van der Waals surface area contributed by atoms with Gasteiger partial charge in [-0.1, -0.05) is 0 Å². The molecule has 0 aliphatic rings. The number of quaternary nitrogens is 1. The van der Waals surface area contributed by atoms with E-state index in [-0.39, 0.29) is 30.3 Å². The van der Waals surface area contributed by atoms with Crippen molar-refractivity contribution in [3.63, 3.8) is 0 Å². The van der Waals surface area contributed by atoms with Crippen LogP contribution in [0.1, 0.15) is 48.3 Å². The summed E-state index contributed by atoms with van der Waals surface area (Å²) < 4.78 is 7.51. The van der Waals surface area contributed by atoms with Crippen molar-refractivity contribution in [1.82, 2.24) is 9.88 Å². The first-order valence-corrected chi connectivity index (χ1v) is 9.05. The lowest BCUT2D eigenvalue weighted by Gasteiger charge is -2.21. The van der Waals surface area contributed by atoms with Crippen molar-refractivity contribution >= 4 is 11.7 Å². The van der Waals surface area contributed by atoms with Crippen LogP contribution in [0.25, 0.3) is 0 Å². The zero-order valence-corrected chi connectivity index (χ0v) is 16.6. The molecule has 6 nitrogen and oxygen atoms in total. The maximum Gasteiger partial charge on any atom is 0.275 e. The number of hydrogen-bond donors (Lipinski definition) is 2. The van der Waals surface area contributed by atoms with Gasteiger partial charge in [0.05, 0.1) is 19.9 Å². The molecule has 1 unspecified atom stereocenters. The second-order valence-electron chi connectivity index (χ2n) is 7.28. The van der Waals surface area contributed by atoms with Crippen LogP contribution in [0, 0.1) is 13.8 Å². The smallest absolute Gasteiger partial charge is 0.275 e. The number of amides is 1. The largest absolute Gasteiger partial charge is 0.467 e. The maximum absolute atomic E-state index is 13.0. The molecule has 2 N–H and O–H groups in total. The number of aryl methyl sites for hydroxylation is 1. The summed E-state index contributed by atoms with van der Waals surface area (Å²) in [5.74, 6) is 0.867. The summed E-state index contributed by atoms with van der Waals surface area (Å²) in [6.45, 7) is 10.5. The average molecular weight is 360 g/mol. The third kappa shape index (κ3) is 4.64. The number of furan rings is 1. The molecule has 0 saturated heterocycles. The summed E-state index contributed by atoms with van der Waals surface area (Å²) >= 11 is 0. The lowest BCUT2D eigenvalue weighted by molar-refractivity contribution is -0.885. The molecule has 0 spiro atoms. The van der Waals surface area contributed by atoms with E-state index in [0.29, 0.717) is 12.1 Å². The Morgan fingerprint density at radius 1 is 1.27 bits per heavy atom. The SMILES string of the molecule is Cc1cc(C(=O)[C@@H](C)[NH+](C)CC(=O)NC(C)C)c(C)n1Cc1ccco1. The molecule has 0 bridgehead atoms. The van der Waals surface area contributed by atoms with Gasteiger partial charge >= 0.3 is 0 Å². The van der Waals surface area contributed by atoms with Crippen LogP contribution in [-0.4, -0.2) is 41.9 Å². The number of likely N-dealkylation sites (N-methyl/N-ethyl adjacent to an activating group) is 1. The first-order valence-electron chi connectivity index (χ1n) is 9.05. The highest BCUT2D eigenvalue weighted by Crippen LogP contribution is 2.18. The summed E-state index contributed by atoms with van der Waals surface area (Å²) in [5, 5.41) is 2.87. The van der Waals surface area contributed by atoms with Crippen LogP contribution in [0.2, 0.25) is 0 Å². The molecular weight excluding hydrogens is 330 g/mol. The molecule has 0 aliphatic carbocycles. The molecular formula is C20H30N3O3+. The highest BCUT2D eigenvalue weighted by atomic mass is 16.3. The first-order chi connectivity index (χ1) is 12.2. The van der Waals surface area contributed by atoms with Crippen LogP contribution in [0.5, 0.6) is 0 Å². The van der Waals surface area contributed by atoms with E-state index in [1.54, 1.807) is 6.26 Å². The van der Waals surface area contributed by atoms with E-state index < -0.39 is 0 Å².